The fraction of sp³-hybridized carbons (Fsp3) is 0.227. The monoisotopic (exact) mass is 375 g/mol. The Balaban J connectivity index is 2.16. The molecule has 0 aliphatic carbocycles. The lowest BCUT2D eigenvalue weighted by atomic mass is 10.0. The zero-order valence-electron chi connectivity index (χ0n) is 16.0. The van der Waals surface area contributed by atoms with E-state index in [1.54, 1.807) is 4.57 Å². The van der Waals surface area contributed by atoms with Gasteiger partial charge in [0.05, 0.1) is 11.4 Å². The summed E-state index contributed by atoms with van der Waals surface area (Å²) in [7, 11) is 0. The number of rotatable bonds is 4. The molecule has 4 aromatic rings. The molecule has 0 atom stereocenters. The zero-order valence-corrected chi connectivity index (χ0v) is 16.0. The van der Waals surface area contributed by atoms with Crippen LogP contribution in [0.2, 0.25) is 0 Å². The van der Waals surface area contributed by atoms with Gasteiger partial charge >= 0.3 is 5.97 Å². The number of benzene rings is 2. The van der Waals surface area contributed by atoms with Crippen molar-refractivity contribution >= 4 is 27.6 Å². The number of aromatic nitrogens is 3. The SMILES string of the molecule is Cc1c(-c2nn(C(C)C)c(=O)c3ccccc23)c2ccccc2n1CC(=O)O. The average molecular weight is 375 g/mol. The number of hydrogen-bond acceptors (Lipinski definition) is 3. The van der Waals surface area contributed by atoms with Crippen LogP contribution in [0.5, 0.6) is 0 Å². The smallest absolute Gasteiger partial charge is 0.323 e. The highest BCUT2D eigenvalue weighted by molar-refractivity contribution is 6.05. The summed E-state index contributed by atoms with van der Waals surface area (Å²) in [4.78, 5) is 24.3. The van der Waals surface area contributed by atoms with Gasteiger partial charge < -0.3 is 9.67 Å². The van der Waals surface area contributed by atoms with Crippen molar-refractivity contribution in [3.8, 4) is 11.3 Å². The third-order valence-electron chi connectivity index (χ3n) is 5.08. The number of carbonyl (C=O) groups is 1. The van der Waals surface area contributed by atoms with E-state index in [4.69, 9.17) is 5.10 Å². The van der Waals surface area contributed by atoms with Crippen LogP contribution < -0.4 is 5.56 Å². The van der Waals surface area contributed by atoms with Crippen molar-refractivity contribution < 1.29 is 9.90 Å². The van der Waals surface area contributed by atoms with E-state index in [0.717, 1.165) is 27.5 Å². The van der Waals surface area contributed by atoms with Crippen LogP contribution in [0.25, 0.3) is 32.9 Å². The Morgan fingerprint density at radius 3 is 2.29 bits per heavy atom. The van der Waals surface area contributed by atoms with Gasteiger partial charge in [0.2, 0.25) is 0 Å². The molecule has 0 amide bonds. The highest BCUT2D eigenvalue weighted by Gasteiger charge is 2.21. The van der Waals surface area contributed by atoms with E-state index in [1.807, 2.05) is 69.3 Å². The van der Waals surface area contributed by atoms with Gasteiger partial charge in [-0.1, -0.05) is 36.4 Å². The third kappa shape index (κ3) is 2.69. The maximum Gasteiger partial charge on any atom is 0.323 e. The quantitative estimate of drug-likeness (QED) is 0.585. The highest BCUT2D eigenvalue weighted by Crippen LogP contribution is 2.36. The van der Waals surface area contributed by atoms with Gasteiger partial charge in [0.15, 0.2) is 0 Å². The summed E-state index contributed by atoms with van der Waals surface area (Å²) < 4.78 is 3.29. The first kappa shape index (κ1) is 18.0. The molecule has 4 rings (SSSR count). The lowest BCUT2D eigenvalue weighted by Gasteiger charge is -2.14. The summed E-state index contributed by atoms with van der Waals surface area (Å²) in [5.74, 6) is -0.902. The minimum absolute atomic E-state index is 0.0940. The van der Waals surface area contributed by atoms with Gasteiger partial charge in [0.1, 0.15) is 12.2 Å². The first-order chi connectivity index (χ1) is 13.4. The summed E-state index contributed by atoms with van der Waals surface area (Å²) in [6, 6.07) is 15.1. The average Bonchev–Trinajstić information content (AvgIpc) is 2.94. The first-order valence-corrected chi connectivity index (χ1v) is 9.21. The Bertz CT molecular complexity index is 1280. The summed E-state index contributed by atoms with van der Waals surface area (Å²) in [5, 5.41) is 16.4. The number of nitrogens with zero attached hydrogens (tertiary/aromatic N) is 3. The van der Waals surface area contributed by atoms with Crippen molar-refractivity contribution in [2.45, 2.75) is 33.4 Å². The minimum atomic E-state index is -0.902. The van der Waals surface area contributed by atoms with E-state index < -0.39 is 5.97 Å². The number of carboxylic acids is 1. The van der Waals surface area contributed by atoms with Crippen LogP contribution in [0.15, 0.2) is 53.3 Å². The Kier molecular flexibility index (Phi) is 4.26. The van der Waals surface area contributed by atoms with Gasteiger partial charge in [0, 0.05) is 27.5 Å². The van der Waals surface area contributed by atoms with Gasteiger partial charge in [0.25, 0.3) is 5.56 Å². The standard InChI is InChI=1S/C22H21N3O3/c1-13(2)25-22(28)16-9-5-4-8-15(16)21(23-25)20-14(3)24(12-19(26)27)18-11-7-6-10-17(18)20/h4-11,13H,12H2,1-3H3,(H,26,27). The lowest BCUT2D eigenvalue weighted by molar-refractivity contribution is -0.137. The number of carboxylic acid groups (broad SMARTS) is 1. The maximum atomic E-state index is 12.9. The molecule has 1 N–H and O–H groups in total. The van der Waals surface area contributed by atoms with E-state index in [-0.39, 0.29) is 18.1 Å². The van der Waals surface area contributed by atoms with E-state index in [9.17, 15) is 14.7 Å². The molecule has 0 saturated heterocycles. The van der Waals surface area contributed by atoms with Crippen molar-refractivity contribution in [3.63, 3.8) is 0 Å². The van der Waals surface area contributed by atoms with Crippen molar-refractivity contribution in [1.29, 1.82) is 0 Å². The fourth-order valence-corrected chi connectivity index (χ4v) is 3.81. The largest absolute Gasteiger partial charge is 0.480 e. The molecule has 28 heavy (non-hydrogen) atoms. The van der Waals surface area contributed by atoms with E-state index >= 15 is 0 Å². The predicted octanol–water partition coefficient (Wildman–Crippen LogP) is 3.99. The molecule has 0 saturated carbocycles. The van der Waals surface area contributed by atoms with Crippen LogP contribution in [-0.2, 0) is 11.3 Å². The van der Waals surface area contributed by atoms with Crippen molar-refractivity contribution in [2.75, 3.05) is 0 Å². The number of hydrogen-bond donors (Lipinski definition) is 1. The van der Waals surface area contributed by atoms with Gasteiger partial charge in [-0.15, -0.1) is 0 Å². The molecule has 2 aromatic heterocycles. The van der Waals surface area contributed by atoms with Crippen molar-refractivity contribution in [2.24, 2.45) is 0 Å². The zero-order chi connectivity index (χ0) is 20.0. The molecule has 6 heteroatoms. The van der Waals surface area contributed by atoms with Crippen LogP contribution in [0.4, 0.5) is 0 Å². The Hall–Kier alpha value is -3.41. The molecular weight excluding hydrogens is 354 g/mol. The molecule has 6 nitrogen and oxygen atoms in total. The molecule has 0 unspecified atom stereocenters. The highest BCUT2D eigenvalue weighted by atomic mass is 16.4. The number of para-hydroxylation sites is 1. The third-order valence-corrected chi connectivity index (χ3v) is 5.08. The number of aliphatic carboxylic acids is 1. The maximum absolute atomic E-state index is 12.9. The molecular formula is C22H21N3O3. The van der Waals surface area contributed by atoms with E-state index in [2.05, 4.69) is 0 Å². The molecule has 0 aliphatic heterocycles. The molecule has 0 fully saturated rings. The van der Waals surface area contributed by atoms with Crippen LogP contribution >= 0.6 is 0 Å². The van der Waals surface area contributed by atoms with Gasteiger partial charge in [-0.05, 0) is 32.9 Å². The normalized spacial score (nSPS) is 11.6. The molecule has 0 radical (unpaired) electrons. The molecule has 0 aliphatic rings. The Morgan fingerprint density at radius 1 is 1.04 bits per heavy atom. The second-order valence-electron chi connectivity index (χ2n) is 7.20. The Morgan fingerprint density at radius 2 is 1.64 bits per heavy atom. The predicted molar refractivity (Wildman–Crippen MR) is 110 cm³/mol. The second-order valence-corrected chi connectivity index (χ2v) is 7.20. The molecule has 0 bridgehead atoms. The van der Waals surface area contributed by atoms with Crippen LogP contribution in [0.3, 0.4) is 0 Å². The van der Waals surface area contributed by atoms with E-state index in [0.29, 0.717) is 11.1 Å². The summed E-state index contributed by atoms with van der Waals surface area (Å²) in [5.41, 5.74) is 3.09. The minimum Gasteiger partial charge on any atom is -0.480 e. The Labute approximate surface area is 161 Å². The van der Waals surface area contributed by atoms with Crippen LogP contribution in [-0.4, -0.2) is 25.4 Å². The van der Waals surface area contributed by atoms with Gasteiger partial charge in [-0.2, -0.15) is 5.10 Å². The first-order valence-electron chi connectivity index (χ1n) is 9.21. The van der Waals surface area contributed by atoms with Gasteiger partial charge in [-0.3, -0.25) is 9.59 Å². The molecule has 2 heterocycles. The molecule has 142 valence electrons. The number of fused-ring (bicyclic) bond motifs is 2. The van der Waals surface area contributed by atoms with Crippen LogP contribution in [0, 0.1) is 6.92 Å². The molecule has 0 spiro atoms. The second kappa shape index (κ2) is 6.64. The lowest BCUT2D eigenvalue weighted by Crippen LogP contribution is -2.25. The summed E-state index contributed by atoms with van der Waals surface area (Å²) in [6.07, 6.45) is 0. The van der Waals surface area contributed by atoms with Gasteiger partial charge in [-0.25, -0.2) is 4.68 Å². The molecule has 2 aromatic carbocycles. The van der Waals surface area contributed by atoms with Crippen molar-refractivity contribution in [1.82, 2.24) is 14.3 Å². The summed E-state index contributed by atoms with van der Waals surface area (Å²) >= 11 is 0. The van der Waals surface area contributed by atoms with Crippen molar-refractivity contribution in [3.05, 3.63) is 64.6 Å². The van der Waals surface area contributed by atoms with Crippen LogP contribution in [0.1, 0.15) is 25.6 Å². The summed E-state index contributed by atoms with van der Waals surface area (Å²) in [6.45, 7) is 5.62. The topological polar surface area (TPSA) is 77.1 Å². The van der Waals surface area contributed by atoms with E-state index in [1.165, 1.54) is 4.68 Å². The fourth-order valence-electron chi connectivity index (χ4n) is 3.81.